The number of aromatic nitrogens is 1. The molecule has 1 amide bonds. The van der Waals surface area contributed by atoms with Crippen LogP contribution in [0.3, 0.4) is 0 Å². The highest BCUT2D eigenvalue weighted by Gasteiger charge is 2.24. The van der Waals surface area contributed by atoms with Gasteiger partial charge in [0.15, 0.2) is 0 Å². The van der Waals surface area contributed by atoms with Crippen molar-refractivity contribution >= 4 is 18.3 Å². The summed E-state index contributed by atoms with van der Waals surface area (Å²) in [4.78, 5) is 13.9. The molecule has 1 aliphatic heterocycles. The van der Waals surface area contributed by atoms with Crippen LogP contribution in [0.4, 0.5) is 0 Å². The second-order valence-electron chi connectivity index (χ2n) is 4.07. The van der Waals surface area contributed by atoms with E-state index < -0.39 is 0 Å². The second-order valence-corrected chi connectivity index (χ2v) is 4.07. The number of nitrogens with zero attached hydrogens (tertiary/aromatic N) is 2. The van der Waals surface area contributed by atoms with E-state index in [-0.39, 0.29) is 18.3 Å². The molecule has 4 nitrogen and oxygen atoms in total. The van der Waals surface area contributed by atoms with Crippen LogP contribution in [-0.4, -0.2) is 41.6 Å². The molecule has 1 aromatic rings. The van der Waals surface area contributed by atoms with Crippen LogP contribution >= 0.6 is 12.4 Å². The summed E-state index contributed by atoms with van der Waals surface area (Å²) in [6.07, 6.45) is 2.95. The molecule has 1 saturated heterocycles. The normalized spacial score (nSPS) is 19.2. The van der Waals surface area contributed by atoms with Gasteiger partial charge in [0.05, 0.1) is 0 Å². The van der Waals surface area contributed by atoms with Crippen molar-refractivity contribution in [3.8, 4) is 0 Å². The molecule has 90 valence electrons. The van der Waals surface area contributed by atoms with Gasteiger partial charge in [-0.15, -0.1) is 12.4 Å². The molecular formula is C11H18ClN3O. The zero-order valence-corrected chi connectivity index (χ0v) is 10.5. The lowest BCUT2D eigenvalue weighted by molar-refractivity contribution is 0.0734. The number of amides is 1. The summed E-state index contributed by atoms with van der Waals surface area (Å²) in [6, 6.07) is 4.10. The number of carbonyl (C=O) groups is 1. The molecule has 0 radical (unpaired) electrons. The van der Waals surface area contributed by atoms with E-state index in [0.29, 0.717) is 6.04 Å². The summed E-state index contributed by atoms with van der Waals surface area (Å²) in [5.41, 5.74) is 0.754. The summed E-state index contributed by atoms with van der Waals surface area (Å²) >= 11 is 0. The van der Waals surface area contributed by atoms with Crippen LogP contribution in [0.2, 0.25) is 0 Å². The monoisotopic (exact) mass is 243 g/mol. The third-order valence-corrected chi connectivity index (χ3v) is 3.07. The van der Waals surface area contributed by atoms with Crippen molar-refractivity contribution in [2.75, 3.05) is 20.1 Å². The van der Waals surface area contributed by atoms with Gasteiger partial charge in [0, 0.05) is 32.9 Å². The van der Waals surface area contributed by atoms with Crippen molar-refractivity contribution in [1.29, 1.82) is 0 Å². The summed E-state index contributed by atoms with van der Waals surface area (Å²) in [5, 5.41) is 3.27. The summed E-state index contributed by atoms with van der Waals surface area (Å²) < 4.78 is 1.86. The Balaban J connectivity index is 0.00000128. The molecule has 16 heavy (non-hydrogen) atoms. The molecule has 0 aliphatic carbocycles. The van der Waals surface area contributed by atoms with E-state index in [9.17, 15) is 4.79 Å². The molecule has 0 saturated carbocycles. The van der Waals surface area contributed by atoms with E-state index in [0.717, 1.165) is 25.2 Å². The van der Waals surface area contributed by atoms with Gasteiger partial charge < -0.3 is 14.8 Å². The lowest BCUT2D eigenvalue weighted by atomic mass is 10.2. The Morgan fingerprint density at radius 3 is 2.88 bits per heavy atom. The molecular weight excluding hydrogens is 226 g/mol. The maximum atomic E-state index is 12.1. The lowest BCUT2D eigenvalue weighted by Gasteiger charge is -2.23. The van der Waals surface area contributed by atoms with Gasteiger partial charge in [-0.3, -0.25) is 4.79 Å². The standard InChI is InChI=1S/C11H17N3O.ClH/c1-13-7-3-4-10(13)11(15)14(2)9-5-6-12-8-9;/h3-4,7,9,12H,5-6,8H2,1-2H3;1H. The third-order valence-electron chi connectivity index (χ3n) is 3.07. The van der Waals surface area contributed by atoms with Gasteiger partial charge in [-0.05, 0) is 25.1 Å². The van der Waals surface area contributed by atoms with E-state index in [1.807, 2.05) is 41.9 Å². The first-order chi connectivity index (χ1) is 7.20. The Bertz CT molecular complexity index is 358. The predicted molar refractivity (Wildman–Crippen MR) is 66.0 cm³/mol. The van der Waals surface area contributed by atoms with Crippen molar-refractivity contribution < 1.29 is 4.79 Å². The van der Waals surface area contributed by atoms with Gasteiger partial charge in [0.25, 0.3) is 5.91 Å². The molecule has 1 aliphatic rings. The number of rotatable bonds is 2. The Morgan fingerprint density at radius 2 is 2.38 bits per heavy atom. The van der Waals surface area contributed by atoms with Crippen LogP contribution in [0.5, 0.6) is 0 Å². The Hall–Kier alpha value is -1.00. The number of hydrogen-bond donors (Lipinski definition) is 1. The molecule has 0 bridgehead atoms. The first-order valence-corrected chi connectivity index (χ1v) is 5.29. The highest BCUT2D eigenvalue weighted by atomic mass is 35.5. The van der Waals surface area contributed by atoms with Gasteiger partial charge in [-0.1, -0.05) is 0 Å². The Labute approximate surface area is 102 Å². The van der Waals surface area contributed by atoms with Crippen molar-refractivity contribution in [2.45, 2.75) is 12.5 Å². The van der Waals surface area contributed by atoms with E-state index in [4.69, 9.17) is 0 Å². The van der Waals surface area contributed by atoms with Gasteiger partial charge in [0.1, 0.15) is 5.69 Å². The van der Waals surface area contributed by atoms with Crippen LogP contribution in [0.25, 0.3) is 0 Å². The summed E-state index contributed by atoms with van der Waals surface area (Å²) in [5.74, 6) is 0.108. The van der Waals surface area contributed by atoms with E-state index >= 15 is 0 Å². The van der Waals surface area contributed by atoms with E-state index in [1.54, 1.807) is 0 Å². The zero-order valence-electron chi connectivity index (χ0n) is 9.64. The maximum Gasteiger partial charge on any atom is 0.270 e. The van der Waals surface area contributed by atoms with Crippen molar-refractivity contribution in [3.63, 3.8) is 0 Å². The van der Waals surface area contributed by atoms with Crippen molar-refractivity contribution in [1.82, 2.24) is 14.8 Å². The number of aryl methyl sites for hydroxylation is 1. The molecule has 5 heteroatoms. The first-order valence-electron chi connectivity index (χ1n) is 5.29. The highest BCUT2D eigenvalue weighted by molar-refractivity contribution is 5.92. The molecule has 1 N–H and O–H groups in total. The molecule has 1 atom stereocenters. The fourth-order valence-corrected chi connectivity index (χ4v) is 2.00. The smallest absolute Gasteiger partial charge is 0.270 e. The minimum atomic E-state index is 0. The topological polar surface area (TPSA) is 37.3 Å². The average Bonchev–Trinajstić information content (AvgIpc) is 2.85. The largest absolute Gasteiger partial charge is 0.347 e. The lowest BCUT2D eigenvalue weighted by Crippen LogP contribution is -2.39. The number of nitrogens with one attached hydrogen (secondary N) is 1. The molecule has 1 fully saturated rings. The Morgan fingerprint density at radius 1 is 1.62 bits per heavy atom. The number of likely N-dealkylation sites (N-methyl/N-ethyl adjacent to an activating group) is 1. The van der Waals surface area contributed by atoms with Gasteiger partial charge >= 0.3 is 0 Å². The second kappa shape index (κ2) is 5.37. The van der Waals surface area contributed by atoms with Gasteiger partial charge in [-0.25, -0.2) is 0 Å². The Kier molecular flexibility index (Phi) is 4.38. The van der Waals surface area contributed by atoms with E-state index in [2.05, 4.69) is 5.32 Å². The van der Waals surface area contributed by atoms with Crippen molar-refractivity contribution in [2.24, 2.45) is 7.05 Å². The van der Waals surface area contributed by atoms with E-state index in [1.165, 1.54) is 0 Å². The molecule has 1 aromatic heterocycles. The molecule has 2 rings (SSSR count). The third kappa shape index (κ3) is 2.39. The van der Waals surface area contributed by atoms with Crippen LogP contribution in [-0.2, 0) is 7.05 Å². The van der Waals surface area contributed by atoms with Gasteiger partial charge in [-0.2, -0.15) is 0 Å². The highest BCUT2D eigenvalue weighted by Crippen LogP contribution is 2.11. The predicted octanol–water partition coefficient (Wildman–Crippen LogP) is 0.881. The molecule has 1 unspecified atom stereocenters. The number of halogens is 1. The molecule has 2 heterocycles. The van der Waals surface area contributed by atoms with Crippen LogP contribution in [0.1, 0.15) is 16.9 Å². The van der Waals surface area contributed by atoms with Gasteiger partial charge in [0.2, 0.25) is 0 Å². The number of carbonyl (C=O) groups excluding carboxylic acids is 1. The minimum absolute atomic E-state index is 0. The maximum absolute atomic E-state index is 12.1. The van der Waals surface area contributed by atoms with Crippen LogP contribution < -0.4 is 5.32 Å². The number of hydrogen-bond acceptors (Lipinski definition) is 2. The fraction of sp³-hybridized carbons (Fsp3) is 0.545. The summed E-state index contributed by atoms with van der Waals surface area (Å²) in [7, 11) is 3.78. The van der Waals surface area contributed by atoms with Crippen LogP contribution in [0.15, 0.2) is 18.3 Å². The molecule has 0 aromatic carbocycles. The minimum Gasteiger partial charge on any atom is -0.347 e. The summed E-state index contributed by atoms with van der Waals surface area (Å²) in [6.45, 7) is 1.92. The fourth-order valence-electron chi connectivity index (χ4n) is 2.00. The first kappa shape index (κ1) is 13.1. The molecule has 0 spiro atoms. The average molecular weight is 244 g/mol. The van der Waals surface area contributed by atoms with Crippen LogP contribution in [0, 0.1) is 0 Å². The zero-order chi connectivity index (χ0) is 10.8. The van der Waals surface area contributed by atoms with Crippen molar-refractivity contribution in [3.05, 3.63) is 24.0 Å². The quantitative estimate of drug-likeness (QED) is 0.838. The SMILES string of the molecule is CN(C(=O)c1cccn1C)C1CCNC1.Cl.